The summed E-state index contributed by atoms with van der Waals surface area (Å²) in [6.45, 7) is 2.86. The third-order valence-corrected chi connectivity index (χ3v) is 3.24. The Morgan fingerprint density at radius 2 is 2.12 bits per heavy atom. The third kappa shape index (κ3) is 2.03. The van der Waals surface area contributed by atoms with Crippen molar-refractivity contribution in [3.63, 3.8) is 0 Å². The summed E-state index contributed by atoms with van der Waals surface area (Å²) in [6, 6.07) is 7.83. The van der Waals surface area contributed by atoms with E-state index in [1.54, 1.807) is 7.11 Å². The van der Waals surface area contributed by atoms with Gasteiger partial charge in [-0.1, -0.05) is 18.2 Å². The van der Waals surface area contributed by atoms with Gasteiger partial charge in [0.25, 0.3) is 0 Å². The maximum atomic E-state index is 10.0. The summed E-state index contributed by atoms with van der Waals surface area (Å²) < 4.78 is 5.32. The molecule has 0 bridgehead atoms. The van der Waals surface area contributed by atoms with Crippen molar-refractivity contribution in [2.75, 3.05) is 13.7 Å². The SMILES string of the molecule is COc1ccccc1C1(C)NCCC1O.Cl. The summed E-state index contributed by atoms with van der Waals surface area (Å²) in [5, 5.41) is 13.3. The fraction of sp³-hybridized carbons (Fsp3) is 0.500. The van der Waals surface area contributed by atoms with Crippen LogP contribution >= 0.6 is 12.4 Å². The first-order valence-corrected chi connectivity index (χ1v) is 5.25. The van der Waals surface area contributed by atoms with E-state index in [0.717, 1.165) is 24.3 Å². The molecule has 1 saturated heterocycles. The normalized spacial score (nSPS) is 28.6. The van der Waals surface area contributed by atoms with Gasteiger partial charge < -0.3 is 15.2 Å². The van der Waals surface area contributed by atoms with Crippen LogP contribution in [0.3, 0.4) is 0 Å². The highest BCUT2D eigenvalue weighted by Gasteiger charge is 2.40. The van der Waals surface area contributed by atoms with Crippen molar-refractivity contribution in [1.82, 2.24) is 5.32 Å². The Kier molecular flexibility index (Phi) is 4.19. The maximum Gasteiger partial charge on any atom is 0.124 e. The van der Waals surface area contributed by atoms with Gasteiger partial charge in [0.2, 0.25) is 0 Å². The molecule has 1 fully saturated rings. The van der Waals surface area contributed by atoms with E-state index in [9.17, 15) is 5.11 Å². The Balaban J connectivity index is 0.00000128. The van der Waals surface area contributed by atoms with Crippen LogP contribution in [0.4, 0.5) is 0 Å². The summed E-state index contributed by atoms with van der Waals surface area (Å²) in [4.78, 5) is 0. The first kappa shape index (κ1) is 13.3. The molecule has 1 heterocycles. The Morgan fingerprint density at radius 1 is 1.44 bits per heavy atom. The molecule has 0 saturated carbocycles. The van der Waals surface area contributed by atoms with E-state index >= 15 is 0 Å². The van der Waals surface area contributed by atoms with Crippen molar-refractivity contribution < 1.29 is 9.84 Å². The average molecular weight is 244 g/mol. The second-order valence-corrected chi connectivity index (χ2v) is 4.13. The first-order valence-electron chi connectivity index (χ1n) is 5.25. The van der Waals surface area contributed by atoms with Crippen LogP contribution in [-0.2, 0) is 5.54 Å². The molecule has 16 heavy (non-hydrogen) atoms. The van der Waals surface area contributed by atoms with Gasteiger partial charge in [-0.2, -0.15) is 0 Å². The second-order valence-electron chi connectivity index (χ2n) is 4.13. The lowest BCUT2D eigenvalue weighted by atomic mass is 9.87. The van der Waals surface area contributed by atoms with Gasteiger partial charge >= 0.3 is 0 Å². The number of nitrogens with one attached hydrogen (secondary N) is 1. The van der Waals surface area contributed by atoms with Gasteiger partial charge in [0.05, 0.1) is 18.8 Å². The minimum absolute atomic E-state index is 0. The summed E-state index contributed by atoms with van der Waals surface area (Å²) in [5.74, 6) is 0.827. The molecule has 2 atom stereocenters. The summed E-state index contributed by atoms with van der Waals surface area (Å²) >= 11 is 0. The lowest BCUT2D eigenvalue weighted by Crippen LogP contribution is -2.41. The number of hydrogen-bond acceptors (Lipinski definition) is 3. The quantitative estimate of drug-likeness (QED) is 0.831. The molecule has 0 radical (unpaired) electrons. The molecule has 2 unspecified atom stereocenters. The number of ether oxygens (including phenoxy) is 1. The van der Waals surface area contributed by atoms with E-state index in [0.29, 0.717) is 0 Å². The fourth-order valence-corrected chi connectivity index (χ4v) is 2.22. The Labute approximate surface area is 102 Å². The van der Waals surface area contributed by atoms with Crippen LogP contribution in [0.1, 0.15) is 18.9 Å². The number of aliphatic hydroxyl groups is 1. The molecule has 1 aliphatic rings. The molecule has 1 aliphatic heterocycles. The lowest BCUT2D eigenvalue weighted by molar-refractivity contribution is 0.105. The van der Waals surface area contributed by atoms with Crippen molar-refractivity contribution in [3.05, 3.63) is 29.8 Å². The first-order chi connectivity index (χ1) is 7.18. The highest BCUT2D eigenvalue weighted by Crippen LogP contribution is 2.36. The fourth-order valence-electron chi connectivity index (χ4n) is 2.22. The zero-order valence-electron chi connectivity index (χ0n) is 9.56. The van der Waals surface area contributed by atoms with Gasteiger partial charge in [0.1, 0.15) is 5.75 Å². The molecule has 0 aromatic heterocycles. The minimum Gasteiger partial charge on any atom is -0.496 e. The molecule has 0 aliphatic carbocycles. The van der Waals surface area contributed by atoms with Crippen molar-refractivity contribution in [3.8, 4) is 5.75 Å². The highest BCUT2D eigenvalue weighted by molar-refractivity contribution is 5.85. The summed E-state index contributed by atoms with van der Waals surface area (Å²) in [5.41, 5.74) is 0.643. The van der Waals surface area contributed by atoms with Gasteiger partial charge in [-0.3, -0.25) is 0 Å². The van der Waals surface area contributed by atoms with Gasteiger partial charge in [-0.05, 0) is 26.0 Å². The monoisotopic (exact) mass is 243 g/mol. The molecular formula is C12H18ClNO2. The highest BCUT2D eigenvalue weighted by atomic mass is 35.5. The number of aliphatic hydroxyl groups excluding tert-OH is 1. The molecule has 1 aromatic carbocycles. The Bertz CT molecular complexity index is 359. The van der Waals surface area contributed by atoms with E-state index in [-0.39, 0.29) is 24.0 Å². The predicted molar refractivity (Wildman–Crippen MR) is 66.2 cm³/mol. The van der Waals surface area contributed by atoms with Crippen LogP contribution < -0.4 is 10.1 Å². The lowest BCUT2D eigenvalue weighted by Gasteiger charge is -2.30. The molecule has 0 spiro atoms. The average Bonchev–Trinajstić information content (AvgIpc) is 2.60. The van der Waals surface area contributed by atoms with E-state index in [2.05, 4.69) is 5.32 Å². The number of methoxy groups -OCH3 is 1. The summed E-state index contributed by atoms with van der Waals surface area (Å²) in [7, 11) is 1.66. The number of halogens is 1. The third-order valence-electron chi connectivity index (χ3n) is 3.24. The molecular weight excluding hydrogens is 226 g/mol. The van der Waals surface area contributed by atoms with E-state index < -0.39 is 0 Å². The van der Waals surface area contributed by atoms with Crippen LogP contribution in [-0.4, -0.2) is 24.9 Å². The topological polar surface area (TPSA) is 41.5 Å². The van der Waals surface area contributed by atoms with Crippen molar-refractivity contribution in [2.24, 2.45) is 0 Å². The van der Waals surface area contributed by atoms with E-state index in [1.807, 2.05) is 31.2 Å². The molecule has 90 valence electrons. The van der Waals surface area contributed by atoms with Crippen molar-refractivity contribution in [1.29, 1.82) is 0 Å². The van der Waals surface area contributed by atoms with Gasteiger partial charge in [-0.25, -0.2) is 0 Å². The van der Waals surface area contributed by atoms with Gasteiger partial charge in [-0.15, -0.1) is 12.4 Å². The maximum absolute atomic E-state index is 10.0. The second kappa shape index (κ2) is 5.04. The number of rotatable bonds is 2. The van der Waals surface area contributed by atoms with Crippen LogP contribution in [0.25, 0.3) is 0 Å². The standard InChI is InChI=1S/C12H17NO2.ClH/c1-12(11(14)7-8-13-12)9-5-3-4-6-10(9)15-2;/h3-6,11,13-14H,7-8H2,1-2H3;1H. The Hall–Kier alpha value is -0.770. The molecule has 3 nitrogen and oxygen atoms in total. The van der Waals surface area contributed by atoms with Crippen LogP contribution in [0.5, 0.6) is 5.75 Å². The van der Waals surface area contributed by atoms with Crippen LogP contribution in [0.15, 0.2) is 24.3 Å². The van der Waals surface area contributed by atoms with Gasteiger partial charge in [0.15, 0.2) is 0 Å². The number of para-hydroxylation sites is 1. The molecule has 1 aromatic rings. The molecule has 0 amide bonds. The van der Waals surface area contributed by atoms with Crippen LogP contribution in [0, 0.1) is 0 Å². The van der Waals surface area contributed by atoms with Crippen LogP contribution in [0.2, 0.25) is 0 Å². The van der Waals surface area contributed by atoms with E-state index in [4.69, 9.17) is 4.74 Å². The molecule has 2 rings (SSSR count). The predicted octanol–water partition coefficient (Wildman–Crippen LogP) is 1.69. The smallest absolute Gasteiger partial charge is 0.124 e. The molecule has 2 N–H and O–H groups in total. The van der Waals surface area contributed by atoms with Crippen molar-refractivity contribution in [2.45, 2.75) is 25.0 Å². The largest absolute Gasteiger partial charge is 0.496 e. The van der Waals surface area contributed by atoms with Gasteiger partial charge in [0, 0.05) is 5.56 Å². The minimum atomic E-state index is -0.382. The molecule has 4 heteroatoms. The summed E-state index contributed by atoms with van der Waals surface area (Å²) in [6.07, 6.45) is 0.433. The Morgan fingerprint density at radius 3 is 2.69 bits per heavy atom. The zero-order chi connectivity index (χ0) is 10.9. The number of hydrogen-bond donors (Lipinski definition) is 2. The zero-order valence-corrected chi connectivity index (χ0v) is 10.4. The van der Waals surface area contributed by atoms with E-state index in [1.165, 1.54) is 0 Å². The van der Waals surface area contributed by atoms with Crippen molar-refractivity contribution >= 4 is 12.4 Å². The number of benzene rings is 1.